The Morgan fingerprint density at radius 1 is 0.833 bits per heavy atom. The molecule has 0 aliphatic rings. The summed E-state index contributed by atoms with van der Waals surface area (Å²) >= 11 is 0. The number of likely N-dealkylation sites (N-methyl/N-ethyl adjacent to an activating group) is 1. The second-order valence-corrected chi connectivity index (χ2v) is 10.8. The predicted molar refractivity (Wildman–Crippen MR) is 126 cm³/mol. The highest BCUT2D eigenvalue weighted by atomic mass is 16.4. The number of hydrogen-bond donors (Lipinski definition) is 1. The van der Waals surface area contributed by atoms with Gasteiger partial charge in [0.05, 0.1) is 20.6 Å². The average molecular weight is 428 g/mol. The van der Waals surface area contributed by atoms with Crippen LogP contribution < -0.4 is 5.11 Å². The number of carbonyl (C=O) groups is 1. The Balaban J connectivity index is 3.63. The molecule has 1 atom stereocenters. The van der Waals surface area contributed by atoms with Crippen molar-refractivity contribution in [1.29, 1.82) is 0 Å². The van der Waals surface area contributed by atoms with Gasteiger partial charge in [0.1, 0.15) is 12.6 Å². The molecule has 0 fully saturated rings. The third-order valence-electron chi connectivity index (χ3n) is 6.46. The lowest BCUT2D eigenvalue weighted by atomic mass is 9.87. The van der Waals surface area contributed by atoms with Crippen LogP contribution in [0.3, 0.4) is 0 Å². The Morgan fingerprint density at radius 3 is 1.77 bits per heavy atom. The lowest BCUT2D eigenvalue weighted by Gasteiger charge is -2.32. The van der Waals surface area contributed by atoms with Crippen LogP contribution in [0.4, 0.5) is 0 Å². The summed E-state index contributed by atoms with van der Waals surface area (Å²) in [5, 5.41) is 21.5. The van der Waals surface area contributed by atoms with Gasteiger partial charge in [-0.1, -0.05) is 97.8 Å². The van der Waals surface area contributed by atoms with Crippen molar-refractivity contribution in [3.8, 4) is 0 Å². The molecule has 0 aromatic heterocycles. The van der Waals surface area contributed by atoms with E-state index >= 15 is 0 Å². The van der Waals surface area contributed by atoms with E-state index in [2.05, 4.69) is 21.0 Å². The quantitative estimate of drug-likeness (QED) is 0.195. The van der Waals surface area contributed by atoms with E-state index in [1.165, 1.54) is 70.6 Å². The van der Waals surface area contributed by atoms with Crippen LogP contribution >= 0.6 is 0 Å². The molecule has 0 spiro atoms. The van der Waals surface area contributed by atoms with E-state index in [1.807, 2.05) is 0 Å². The Kier molecular flexibility index (Phi) is 16.7. The third-order valence-corrected chi connectivity index (χ3v) is 6.46. The molecule has 180 valence electrons. The maximum Gasteiger partial charge on any atom is 0.105 e. The van der Waals surface area contributed by atoms with Crippen LogP contribution in [0, 0.1) is 5.41 Å². The van der Waals surface area contributed by atoms with Gasteiger partial charge in [-0.05, 0) is 25.7 Å². The summed E-state index contributed by atoms with van der Waals surface area (Å²) in [7, 11) is 4.32. The normalized spacial score (nSPS) is 13.5. The third kappa shape index (κ3) is 17.1. The van der Waals surface area contributed by atoms with Gasteiger partial charge in [-0.3, -0.25) is 0 Å². The molecule has 1 unspecified atom stereocenters. The highest BCUT2D eigenvalue weighted by Crippen LogP contribution is 2.22. The van der Waals surface area contributed by atoms with Crippen LogP contribution in [0.25, 0.3) is 0 Å². The minimum atomic E-state index is -0.964. The molecule has 0 aromatic carbocycles. The fourth-order valence-electron chi connectivity index (χ4n) is 4.18. The zero-order valence-corrected chi connectivity index (χ0v) is 21.0. The number of carboxylic acid groups (broad SMARTS) is 1. The Bertz CT molecular complexity index is 421. The zero-order chi connectivity index (χ0) is 22.9. The molecule has 0 aliphatic carbocycles. The summed E-state index contributed by atoms with van der Waals surface area (Å²) in [5.41, 5.74) is -0.745. The molecule has 0 saturated heterocycles. The highest BCUT2D eigenvalue weighted by molar-refractivity contribution is 5.71. The summed E-state index contributed by atoms with van der Waals surface area (Å²) < 4.78 is 0.797. The van der Waals surface area contributed by atoms with Crippen molar-refractivity contribution >= 4 is 5.97 Å². The fraction of sp³-hybridized carbons (Fsp3) is 0.962. The molecule has 0 bridgehead atoms. The average Bonchev–Trinajstić information content (AvgIpc) is 2.65. The van der Waals surface area contributed by atoms with E-state index in [9.17, 15) is 15.0 Å². The van der Waals surface area contributed by atoms with E-state index in [1.54, 1.807) is 13.8 Å². The molecule has 30 heavy (non-hydrogen) atoms. The van der Waals surface area contributed by atoms with Crippen LogP contribution in [-0.2, 0) is 4.79 Å². The van der Waals surface area contributed by atoms with Gasteiger partial charge in [-0.25, -0.2) is 0 Å². The molecule has 0 heterocycles. The number of aliphatic carboxylic acids is 1. The van der Waals surface area contributed by atoms with Gasteiger partial charge in [0.2, 0.25) is 0 Å². The second kappa shape index (κ2) is 17.0. The topological polar surface area (TPSA) is 60.4 Å². The van der Waals surface area contributed by atoms with E-state index < -0.39 is 11.4 Å². The summed E-state index contributed by atoms with van der Waals surface area (Å²) in [6.07, 6.45) is 19.3. The van der Waals surface area contributed by atoms with Gasteiger partial charge in [-0.2, -0.15) is 0 Å². The first-order chi connectivity index (χ1) is 14.1. The monoisotopic (exact) mass is 427 g/mol. The van der Waals surface area contributed by atoms with Crippen LogP contribution in [-0.4, -0.2) is 48.8 Å². The van der Waals surface area contributed by atoms with E-state index in [0.717, 1.165) is 43.3 Å². The van der Waals surface area contributed by atoms with Crippen molar-refractivity contribution in [2.75, 3.05) is 27.2 Å². The van der Waals surface area contributed by atoms with Crippen LogP contribution in [0.5, 0.6) is 0 Å². The lowest BCUT2D eigenvalue weighted by Crippen LogP contribution is -2.46. The number of aliphatic hydroxyl groups is 1. The number of carboxylic acids is 1. The number of nitrogens with zero attached hydrogens (tertiary/aromatic N) is 1. The number of hydrogen-bond acceptors (Lipinski definition) is 3. The van der Waals surface area contributed by atoms with Gasteiger partial charge < -0.3 is 19.5 Å². The molecule has 0 aliphatic heterocycles. The molecule has 1 N–H and O–H groups in total. The van der Waals surface area contributed by atoms with Gasteiger partial charge in [-0.15, -0.1) is 0 Å². The minimum absolute atomic E-state index is 0.234. The molecular formula is C26H53NO3. The minimum Gasteiger partial charge on any atom is -0.550 e. The Labute approximate surface area is 188 Å². The summed E-state index contributed by atoms with van der Waals surface area (Å²) in [6, 6.07) is 0. The van der Waals surface area contributed by atoms with Crippen molar-refractivity contribution < 1.29 is 19.5 Å². The molecule has 4 nitrogen and oxygen atoms in total. The van der Waals surface area contributed by atoms with Gasteiger partial charge >= 0.3 is 0 Å². The molecule has 0 rings (SSSR count). The van der Waals surface area contributed by atoms with Crippen LogP contribution in [0.1, 0.15) is 124 Å². The first-order valence-electron chi connectivity index (χ1n) is 12.8. The van der Waals surface area contributed by atoms with Gasteiger partial charge in [0.25, 0.3) is 0 Å². The molecule has 0 aromatic rings. The summed E-state index contributed by atoms with van der Waals surface area (Å²) in [6.45, 7) is 7.49. The largest absolute Gasteiger partial charge is 0.550 e. The molecular weight excluding hydrogens is 374 g/mol. The first-order valence-corrected chi connectivity index (χ1v) is 12.8. The van der Waals surface area contributed by atoms with Gasteiger partial charge in [0, 0.05) is 11.4 Å². The lowest BCUT2D eigenvalue weighted by molar-refractivity contribution is -0.893. The SMILES string of the molecule is CCCCCCCCCCCCCCC(O)C[N+](C)(C)CCCCC(C)(C)C(=O)[O-]. The molecule has 0 saturated carbocycles. The number of quaternary nitrogens is 1. The zero-order valence-electron chi connectivity index (χ0n) is 21.0. The highest BCUT2D eigenvalue weighted by Gasteiger charge is 2.22. The number of rotatable bonds is 21. The first kappa shape index (κ1) is 29.4. The second-order valence-electron chi connectivity index (χ2n) is 10.8. The molecule has 0 radical (unpaired) electrons. The van der Waals surface area contributed by atoms with Crippen LogP contribution in [0.2, 0.25) is 0 Å². The molecule has 4 heteroatoms. The fourth-order valence-corrected chi connectivity index (χ4v) is 4.18. The van der Waals surface area contributed by atoms with Crippen molar-refractivity contribution in [3.63, 3.8) is 0 Å². The maximum absolute atomic E-state index is 11.1. The van der Waals surface area contributed by atoms with E-state index in [4.69, 9.17) is 0 Å². The van der Waals surface area contributed by atoms with Crippen molar-refractivity contribution in [2.45, 2.75) is 130 Å². The summed E-state index contributed by atoms with van der Waals surface area (Å²) in [5.74, 6) is -0.964. The number of unbranched alkanes of at least 4 members (excludes halogenated alkanes) is 12. The van der Waals surface area contributed by atoms with Crippen molar-refractivity contribution in [1.82, 2.24) is 0 Å². The number of carbonyl (C=O) groups excluding carboxylic acids is 1. The standard InChI is InChI=1S/C26H53NO3/c1-6-7-8-9-10-11-12-13-14-15-16-17-20-24(28)23-27(4,5)22-19-18-21-26(2,3)25(29)30/h24,28H,6-23H2,1-5H3. The molecule has 0 amide bonds. The number of aliphatic hydroxyl groups excluding tert-OH is 1. The summed E-state index contributed by atoms with van der Waals surface area (Å²) in [4.78, 5) is 11.1. The maximum atomic E-state index is 11.1. The van der Waals surface area contributed by atoms with Crippen molar-refractivity contribution in [3.05, 3.63) is 0 Å². The van der Waals surface area contributed by atoms with Crippen LogP contribution in [0.15, 0.2) is 0 Å². The van der Waals surface area contributed by atoms with Crippen molar-refractivity contribution in [2.24, 2.45) is 5.41 Å². The van der Waals surface area contributed by atoms with E-state index in [0.29, 0.717) is 6.42 Å². The smallest absolute Gasteiger partial charge is 0.105 e. The Morgan fingerprint density at radius 2 is 1.30 bits per heavy atom. The van der Waals surface area contributed by atoms with E-state index in [-0.39, 0.29) is 6.10 Å². The Hall–Kier alpha value is -0.610. The van der Waals surface area contributed by atoms with Gasteiger partial charge in [0.15, 0.2) is 0 Å². The predicted octanol–water partition coefficient (Wildman–Crippen LogP) is 5.46.